The van der Waals surface area contributed by atoms with Crippen LogP contribution in [0.2, 0.25) is 0 Å². The van der Waals surface area contributed by atoms with E-state index in [0.29, 0.717) is 0 Å². The van der Waals surface area contributed by atoms with E-state index in [1.165, 1.54) is 27.9 Å². The molecule has 0 bridgehead atoms. The lowest BCUT2D eigenvalue weighted by molar-refractivity contribution is 0.583. The zero-order valence-corrected chi connectivity index (χ0v) is 12.4. The quantitative estimate of drug-likeness (QED) is 0.752. The van der Waals surface area contributed by atoms with Crippen LogP contribution in [0.15, 0.2) is 18.3 Å². The van der Waals surface area contributed by atoms with Crippen LogP contribution >= 0.6 is 0 Å². The number of allylic oxidation sites excluding steroid dienone is 1. The SMILES string of the molecule is C=C1CCc2cc(C(C)(C)C)c(C)c(CC)c2N1. The van der Waals surface area contributed by atoms with Crippen molar-refractivity contribution in [2.45, 2.75) is 59.3 Å². The highest BCUT2D eigenvalue weighted by atomic mass is 14.9. The van der Waals surface area contributed by atoms with Crippen molar-refractivity contribution >= 4 is 5.69 Å². The van der Waals surface area contributed by atoms with Gasteiger partial charge >= 0.3 is 0 Å². The Balaban J connectivity index is 2.66. The molecule has 1 heteroatoms. The lowest BCUT2D eigenvalue weighted by Crippen LogP contribution is -2.19. The lowest BCUT2D eigenvalue weighted by Gasteiger charge is -2.30. The Kier molecular flexibility index (Phi) is 3.27. The summed E-state index contributed by atoms with van der Waals surface area (Å²) in [4.78, 5) is 0. The summed E-state index contributed by atoms with van der Waals surface area (Å²) in [6.45, 7) is 15.5. The standard InChI is InChI=1S/C17H25N/c1-7-14-12(3)15(17(4,5)6)10-13-9-8-11(2)18-16(13)14/h10,18H,2,7-9H2,1,3-6H3. The molecule has 0 amide bonds. The molecule has 1 nitrogen and oxygen atoms in total. The van der Waals surface area contributed by atoms with Gasteiger partial charge in [0.25, 0.3) is 0 Å². The average molecular weight is 243 g/mol. The Morgan fingerprint density at radius 1 is 1.28 bits per heavy atom. The van der Waals surface area contributed by atoms with Gasteiger partial charge in [-0.05, 0) is 53.9 Å². The molecule has 0 saturated carbocycles. The van der Waals surface area contributed by atoms with Crippen LogP contribution in [-0.2, 0) is 18.3 Å². The van der Waals surface area contributed by atoms with Gasteiger partial charge in [0, 0.05) is 11.4 Å². The Labute approximate surface area is 111 Å². The third-order valence-corrected chi connectivity index (χ3v) is 3.96. The second-order valence-electron chi connectivity index (χ2n) is 6.39. The van der Waals surface area contributed by atoms with Gasteiger partial charge in [-0.25, -0.2) is 0 Å². The first-order valence-corrected chi connectivity index (χ1v) is 6.95. The summed E-state index contributed by atoms with van der Waals surface area (Å²) in [7, 11) is 0. The minimum Gasteiger partial charge on any atom is -0.359 e. The van der Waals surface area contributed by atoms with Gasteiger partial charge in [0.2, 0.25) is 0 Å². The molecule has 1 aliphatic heterocycles. The Hall–Kier alpha value is -1.24. The largest absolute Gasteiger partial charge is 0.359 e. The van der Waals surface area contributed by atoms with Gasteiger partial charge in [0.15, 0.2) is 0 Å². The summed E-state index contributed by atoms with van der Waals surface area (Å²) >= 11 is 0. The first-order valence-electron chi connectivity index (χ1n) is 6.95. The molecular weight excluding hydrogens is 218 g/mol. The van der Waals surface area contributed by atoms with Crippen molar-refractivity contribution in [3.05, 3.63) is 40.6 Å². The Bertz CT molecular complexity index is 489. The van der Waals surface area contributed by atoms with Gasteiger partial charge in [-0.2, -0.15) is 0 Å². The van der Waals surface area contributed by atoms with Crippen LogP contribution < -0.4 is 5.32 Å². The molecule has 2 rings (SSSR count). The van der Waals surface area contributed by atoms with Gasteiger partial charge in [0.05, 0.1) is 0 Å². The van der Waals surface area contributed by atoms with E-state index in [1.807, 2.05) is 0 Å². The van der Waals surface area contributed by atoms with E-state index in [2.05, 4.69) is 52.6 Å². The van der Waals surface area contributed by atoms with Gasteiger partial charge < -0.3 is 5.32 Å². The molecule has 0 radical (unpaired) electrons. The highest BCUT2D eigenvalue weighted by Gasteiger charge is 2.23. The maximum Gasteiger partial charge on any atom is 0.0449 e. The topological polar surface area (TPSA) is 12.0 Å². The molecular formula is C17H25N. The van der Waals surface area contributed by atoms with Gasteiger partial charge in [-0.3, -0.25) is 0 Å². The third kappa shape index (κ3) is 2.19. The third-order valence-electron chi connectivity index (χ3n) is 3.96. The predicted octanol–water partition coefficient (Wildman–Crippen LogP) is 4.73. The molecule has 1 aromatic carbocycles. The molecule has 0 spiro atoms. The number of rotatable bonds is 1. The average Bonchev–Trinajstić information content (AvgIpc) is 2.26. The van der Waals surface area contributed by atoms with Crippen LogP contribution in [0, 0.1) is 6.92 Å². The van der Waals surface area contributed by atoms with Gasteiger partial charge in [-0.15, -0.1) is 0 Å². The maximum absolute atomic E-state index is 4.08. The van der Waals surface area contributed by atoms with Gasteiger partial charge in [-0.1, -0.05) is 40.3 Å². The molecule has 1 aliphatic rings. The van der Waals surface area contributed by atoms with E-state index >= 15 is 0 Å². The van der Waals surface area contributed by atoms with Gasteiger partial charge in [0.1, 0.15) is 0 Å². The number of nitrogens with one attached hydrogen (secondary N) is 1. The van der Waals surface area contributed by atoms with Crippen LogP contribution in [0.5, 0.6) is 0 Å². The van der Waals surface area contributed by atoms with Crippen molar-refractivity contribution in [1.29, 1.82) is 0 Å². The van der Waals surface area contributed by atoms with Crippen molar-refractivity contribution in [2.75, 3.05) is 5.32 Å². The van der Waals surface area contributed by atoms with Crippen LogP contribution in [0.4, 0.5) is 5.69 Å². The van der Waals surface area contributed by atoms with Crippen molar-refractivity contribution in [3.8, 4) is 0 Å². The zero-order chi connectivity index (χ0) is 13.5. The van der Waals surface area contributed by atoms with Crippen molar-refractivity contribution in [2.24, 2.45) is 0 Å². The zero-order valence-electron chi connectivity index (χ0n) is 12.4. The molecule has 0 fully saturated rings. The summed E-state index contributed by atoms with van der Waals surface area (Å²) in [6.07, 6.45) is 3.26. The molecule has 98 valence electrons. The molecule has 0 saturated heterocycles. The normalized spacial score (nSPS) is 15.3. The Morgan fingerprint density at radius 2 is 1.94 bits per heavy atom. The highest BCUT2D eigenvalue weighted by Crippen LogP contribution is 2.38. The summed E-state index contributed by atoms with van der Waals surface area (Å²) in [6, 6.07) is 2.41. The first-order chi connectivity index (χ1) is 8.34. The second kappa shape index (κ2) is 4.46. The monoisotopic (exact) mass is 243 g/mol. The van der Waals surface area contributed by atoms with E-state index in [4.69, 9.17) is 0 Å². The van der Waals surface area contributed by atoms with E-state index < -0.39 is 0 Å². The summed E-state index contributed by atoms with van der Waals surface area (Å²) in [5.41, 5.74) is 8.59. The number of benzene rings is 1. The fourth-order valence-electron chi connectivity index (χ4n) is 3.00. The van der Waals surface area contributed by atoms with Crippen molar-refractivity contribution < 1.29 is 0 Å². The summed E-state index contributed by atoms with van der Waals surface area (Å²) in [5, 5.41) is 3.50. The molecule has 0 aliphatic carbocycles. The number of hydrogen-bond donors (Lipinski definition) is 1. The fraction of sp³-hybridized carbons (Fsp3) is 0.529. The predicted molar refractivity (Wildman–Crippen MR) is 80.3 cm³/mol. The van der Waals surface area contributed by atoms with Crippen LogP contribution in [0.1, 0.15) is 56.4 Å². The molecule has 1 aromatic rings. The minimum atomic E-state index is 0.220. The van der Waals surface area contributed by atoms with Crippen molar-refractivity contribution in [3.63, 3.8) is 0 Å². The minimum absolute atomic E-state index is 0.220. The maximum atomic E-state index is 4.08. The number of anilines is 1. The lowest BCUT2D eigenvalue weighted by atomic mass is 9.79. The van der Waals surface area contributed by atoms with E-state index in [-0.39, 0.29) is 5.41 Å². The van der Waals surface area contributed by atoms with Crippen LogP contribution in [0.25, 0.3) is 0 Å². The van der Waals surface area contributed by atoms with E-state index in [1.54, 1.807) is 0 Å². The Morgan fingerprint density at radius 3 is 2.50 bits per heavy atom. The first kappa shape index (κ1) is 13.2. The van der Waals surface area contributed by atoms with Crippen molar-refractivity contribution in [1.82, 2.24) is 0 Å². The van der Waals surface area contributed by atoms with E-state index in [9.17, 15) is 0 Å². The van der Waals surface area contributed by atoms with Crippen LogP contribution in [-0.4, -0.2) is 0 Å². The van der Waals surface area contributed by atoms with Crippen LogP contribution in [0.3, 0.4) is 0 Å². The number of hydrogen-bond acceptors (Lipinski definition) is 1. The number of aryl methyl sites for hydroxylation is 1. The fourth-order valence-corrected chi connectivity index (χ4v) is 3.00. The van der Waals surface area contributed by atoms with E-state index in [0.717, 1.165) is 25.0 Å². The molecule has 0 atom stereocenters. The smallest absolute Gasteiger partial charge is 0.0449 e. The molecule has 0 aromatic heterocycles. The number of fused-ring (bicyclic) bond motifs is 1. The molecule has 18 heavy (non-hydrogen) atoms. The molecule has 0 unspecified atom stereocenters. The summed E-state index contributed by atoms with van der Waals surface area (Å²) in [5.74, 6) is 0. The second-order valence-corrected chi connectivity index (χ2v) is 6.39. The summed E-state index contributed by atoms with van der Waals surface area (Å²) < 4.78 is 0. The molecule has 1 N–H and O–H groups in total. The molecule has 1 heterocycles. The highest BCUT2D eigenvalue weighted by molar-refractivity contribution is 5.67.